The fraction of sp³-hybridized carbons (Fsp3) is 0.250. The monoisotopic (exact) mass is 259 g/mol. The number of hydrogen-bond acceptors (Lipinski definition) is 2. The predicted molar refractivity (Wildman–Crippen MR) is 55.9 cm³/mol. The highest BCUT2D eigenvalue weighted by Crippen LogP contribution is 2.28. The molecule has 2 heterocycles. The second-order valence-electron chi connectivity index (χ2n) is 2.60. The molecule has 0 radical (unpaired) electrons. The third kappa shape index (κ3) is 1.34. The van der Waals surface area contributed by atoms with Crippen LogP contribution in [-0.2, 0) is 6.54 Å². The standard InChI is InChI=1S/C8H7BrClN3/c1-2-13-5-3-4-11-8(10)6(5)7(9)12-13/h3-4H,2H2,1H3. The largest absolute Gasteiger partial charge is 0.264 e. The summed E-state index contributed by atoms with van der Waals surface area (Å²) < 4.78 is 2.63. The molecule has 0 saturated heterocycles. The molecule has 0 aliphatic carbocycles. The summed E-state index contributed by atoms with van der Waals surface area (Å²) >= 11 is 9.29. The highest BCUT2D eigenvalue weighted by Gasteiger charge is 2.10. The Balaban J connectivity index is 2.87. The van der Waals surface area contributed by atoms with Gasteiger partial charge in [-0.05, 0) is 28.9 Å². The van der Waals surface area contributed by atoms with Gasteiger partial charge in [-0.25, -0.2) is 4.98 Å². The molecule has 0 spiro atoms. The van der Waals surface area contributed by atoms with Crippen LogP contribution in [0.1, 0.15) is 6.92 Å². The summed E-state index contributed by atoms with van der Waals surface area (Å²) in [5.41, 5.74) is 1.01. The van der Waals surface area contributed by atoms with Gasteiger partial charge < -0.3 is 0 Å². The molecule has 0 fully saturated rings. The maximum atomic E-state index is 5.94. The Hall–Kier alpha value is -0.610. The first kappa shape index (κ1) is 8.97. The number of nitrogens with zero attached hydrogens (tertiary/aromatic N) is 3. The minimum atomic E-state index is 0.490. The summed E-state index contributed by atoms with van der Waals surface area (Å²) in [7, 11) is 0. The lowest BCUT2D eigenvalue weighted by molar-refractivity contribution is 0.678. The Morgan fingerprint density at radius 2 is 2.38 bits per heavy atom. The van der Waals surface area contributed by atoms with Crippen LogP contribution in [0.2, 0.25) is 5.15 Å². The molecule has 0 saturated carbocycles. The molecule has 0 aromatic carbocycles. The smallest absolute Gasteiger partial charge is 0.141 e. The van der Waals surface area contributed by atoms with Crippen molar-refractivity contribution in [1.29, 1.82) is 0 Å². The molecule has 0 amide bonds. The molecule has 2 aromatic heterocycles. The first-order valence-electron chi connectivity index (χ1n) is 3.90. The predicted octanol–water partition coefficient (Wildman–Crippen LogP) is 2.87. The topological polar surface area (TPSA) is 30.7 Å². The summed E-state index contributed by atoms with van der Waals surface area (Å²) in [6, 6.07) is 1.91. The molecule has 0 atom stereocenters. The van der Waals surface area contributed by atoms with Crippen LogP contribution in [0, 0.1) is 0 Å². The number of fused-ring (bicyclic) bond motifs is 1. The first-order chi connectivity index (χ1) is 6.24. The minimum Gasteiger partial charge on any atom is -0.264 e. The van der Waals surface area contributed by atoms with E-state index in [1.54, 1.807) is 6.20 Å². The lowest BCUT2D eigenvalue weighted by atomic mass is 10.3. The van der Waals surface area contributed by atoms with Gasteiger partial charge in [0.2, 0.25) is 0 Å². The van der Waals surface area contributed by atoms with E-state index in [1.165, 1.54) is 0 Å². The first-order valence-corrected chi connectivity index (χ1v) is 5.07. The van der Waals surface area contributed by atoms with Gasteiger partial charge in [-0.15, -0.1) is 0 Å². The molecule has 0 aliphatic heterocycles. The van der Waals surface area contributed by atoms with Gasteiger partial charge in [0.25, 0.3) is 0 Å². The fourth-order valence-corrected chi connectivity index (χ4v) is 2.22. The molecule has 0 unspecified atom stereocenters. The van der Waals surface area contributed by atoms with Gasteiger partial charge in [-0.1, -0.05) is 11.6 Å². The second-order valence-corrected chi connectivity index (χ2v) is 3.71. The van der Waals surface area contributed by atoms with E-state index in [0.717, 1.165) is 22.1 Å². The number of aryl methyl sites for hydroxylation is 1. The Morgan fingerprint density at radius 1 is 1.62 bits per heavy atom. The Labute approximate surface area is 88.8 Å². The summed E-state index contributed by atoms with van der Waals surface area (Å²) in [5, 5.41) is 5.65. The van der Waals surface area contributed by atoms with Crippen LogP contribution in [0.25, 0.3) is 10.9 Å². The van der Waals surface area contributed by atoms with Gasteiger partial charge in [0, 0.05) is 12.7 Å². The molecule has 0 aliphatic rings. The fourth-order valence-electron chi connectivity index (χ4n) is 1.28. The van der Waals surface area contributed by atoms with E-state index < -0.39 is 0 Å². The normalized spacial score (nSPS) is 11.0. The van der Waals surface area contributed by atoms with Gasteiger partial charge in [0.15, 0.2) is 0 Å². The van der Waals surface area contributed by atoms with E-state index in [9.17, 15) is 0 Å². The van der Waals surface area contributed by atoms with Crippen LogP contribution in [-0.4, -0.2) is 14.8 Å². The van der Waals surface area contributed by atoms with Crippen molar-refractivity contribution in [2.75, 3.05) is 0 Å². The van der Waals surface area contributed by atoms with Gasteiger partial charge in [-0.3, -0.25) is 4.68 Å². The maximum Gasteiger partial charge on any atom is 0.141 e. The van der Waals surface area contributed by atoms with Crippen LogP contribution >= 0.6 is 27.5 Å². The lowest BCUT2D eigenvalue weighted by Crippen LogP contribution is -1.95. The molecule has 0 bridgehead atoms. The number of hydrogen-bond donors (Lipinski definition) is 0. The molecule has 3 nitrogen and oxygen atoms in total. The molecule has 0 N–H and O–H groups in total. The molecule has 13 heavy (non-hydrogen) atoms. The van der Waals surface area contributed by atoms with Crippen molar-refractivity contribution in [3.63, 3.8) is 0 Å². The van der Waals surface area contributed by atoms with E-state index >= 15 is 0 Å². The van der Waals surface area contributed by atoms with Crippen molar-refractivity contribution in [2.45, 2.75) is 13.5 Å². The zero-order valence-electron chi connectivity index (χ0n) is 6.96. The lowest BCUT2D eigenvalue weighted by Gasteiger charge is -1.96. The van der Waals surface area contributed by atoms with E-state index in [2.05, 4.69) is 26.0 Å². The zero-order valence-corrected chi connectivity index (χ0v) is 9.30. The van der Waals surface area contributed by atoms with Crippen LogP contribution in [0.4, 0.5) is 0 Å². The van der Waals surface area contributed by atoms with Gasteiger partial charge >= 0.3 is 0 Å². The summed E-state index contributed by atoms with van der Waals surface area (Å²) in [4.78, 5) is 4.00. The SMILES string of the molecule is CCn1nc(Br)c2c(Cl)nccc21. The van der Waals surface area contributed by atoms with E-state index in [1.807, 2.05) is 17.7 Å². The second kappa shape index (κ2) is 3.27. The van der Waals surface area contributed by atoms with Crippen molar-refractivity contribution < 1.29 is 0 Å². The van der Waals surface area contributed by atoms with Crippen molar-refractivity contribution in [3.8, 4) is 0 Å². The maximum absolute atomic E-state index is 5.94. The average Bonchev–Trinajstić information content (AvgIpc) is 2.44. The van der Waals surface area contributed by atoms with E-state index in [4.69, 9.17) is 11.6 Å². The van der Waals surface area contributed by atoms with Crippen LogP contribution in [0.3, 0.4) is 0 Å². The third-order valence-corrected chi connectivity index (χ3v) is 2.72. The highest BCUT2D eigenvalue weighted by atomic mass is 79.9. The molecule has 5 heteroatoms. The quantitative estimate of drug-likeness (QED) is 0.738. The Morgan fingerprint density at radius 3 is 3.08 bits per heavy atom. The molecular weight excluding hydrogens is 253 g/mol. The van der Waals surface area contributed by atoms with E-state index in [0.29, 0.717) is 5.15 Å². The van der Waals surface area contributed by atoms with Crippen molar-refractivity contribution in [3.05, 3.63) is 22.0 Å². The molecular formula is C8H7BrClN3. The summed E-state index contributed by atoms with van der Waals surface area (Å²) in [6.07, 6.45) is 1.69. The van der Waals surface area contributed by atoms with Crippen LogP contribution in [0.5, 0.6) is 0 Å². The van der Waals surface area contributed by atoms with Gasteiger partial charge in [0.05, 0.1) is 10.9 Å². The average molecular weight is 261 g/mol. The number of rotatable bonds is 1. The number of pyridine rings is 1. The van der Waals surface area contributed by atoms with Crippen molar-refractivity contribution in [2.24, 2.45) is 0 Å². The Bertz CT molecular complexity index is 452. The molecule has 2 aromatic rings. The van der Waals surface area contributed by atoms with Crippen molar-refractivity contribution in [1.82, 2.24) is 14.8 Å². The van der Waals surface area contributed by atoms with Gasteiger partial charge in [-0.2, -0.15) is 5.10 Å². The molecule has 68 valence electrons. The van der Waals surface area contributed by atoms with Crippen LogP contribution < -0.4 is 0 Å². The summed E-state index contributed by atoms with van der Waals surface area (Å²) in [5.74, 6) is 0. The van der Waals surface area contributed by atoms with E-state index in [-0.39, 0.29) is 0 Å². The minimum absolute atomic E-state index is 0.490. The van der Waals surface area contributed by atoms with Gasteiger partial charge in [0.1, 0.15) is 9.76 Å². The highest BCUT2D eigenvalue weighted by molar-refractivity contribution is 9.10. The third-order valence-electron chi connectivity index (χ3n) is 1.88. The van der Waals surface area contributed by atoms with Crippen LogP contribution in [0.15, 0.2) is 16.9 Å². The van der Waals surface area contributed by atoms with Crippen molar-refractivity contribution >= 4 is 38.4 Å². The molecule has 2 rings (SSSR count). The Kier molecular flexibility index (Phi) is 2.26. The summed E-state index contributed by atoms with van der Waals surface area (Å²) in [6.45, 7) is 2.86. The number of aromatic nitrogens is 3. The zero-order chi connectivity index (χ0) is 9.42. The number of halogens is 2.